The molecule has 1 N–H and O–H groups in total. The highest BCUT2D eigenvalue weighted by atomic mass is 16.5. The van der Waals surface area contributed by atoms with Gasteiger partial charge in [-0.25, -0.2) is 24.5 Å². The van der Waals surface area contributed by atoms with E-state index < -0.39 is 11.9 Å². The molecule has 4 aromatic rings. The Kier molecular flexibility index (Phi) is 6.68. The number of carbonyl (C=O) groups is 2. The minimum absolute atomic E-state index is 0.0724. The third kappa shape index (κ3) is 4.93. The highest BCUT2D eigenvalue weighted by molar-refractivity contribution is 5.91. The molecule has 0 aliphatic carbocycles. The van der Waals surface area contributed by atoms with Gasteiger partial charge in [0, 0.05) is 17.2 Å². The molecule has 0 bridgehead atoms. The molecule has 0 atom stereocenters. The van der Waals surface area contributed by atoms with Crippen molar-refractivity contribution in [3.05, 3.63) is 77.9 Å². The largest absolute Gasteiger partial charge is 0.507 e. The normalized spacial score (nSPS) is 10.5. The number of ether oxygens (including phenoxy) is 3. The zero-order chi connectivity index (χ0) is 24.9. The van der Waals surface area contributed by atoms with Crippen LogP contribution in [0.4, 0.5) is 0 Å². The van der Waals surface area contributed by atoms with Crippen molar-refractivity contribution in [2.24, 2.45) is 0 Å². The number of carbonyl (C=O) groups excluding carboxylic acids is 2. The zero-order valence-corrected chi connectivity index (χ0v) is 19.2. The van der Waals surface area contributed by atoms with Gasteiger partial charge in [0.05, 0.1) is 38.0 Å². The van der Waals surface area contributed by atoms with Crippen LogP contribution in [0.5, 0.6) is 11.5 Å². The van der Waals surface area contributed by atoms with Crippen LogP contribution in [0.3, 0.4) is 0 Å². The predicted octanol–water partition coefficient (Wildman–Crippen LogP) is 4.16. The number of aromatic nitrogens is 3. The average Bonchev–Trinajstić information content (AvgIpc) is 2.91. The molecule has 9 heteroatoms. The predicted molar refractivity (Wildman–Crippen MR) is 127 cm³/mol. The molecule has 9 nitrogen and oxygen atoms in total. The summed E-state index contributed by atoms with van der Waals surface area (Å²) in [4.78, 5) is 37.5. The summed E-state index contributed by atoms with van der Waals surface area (Å²) in [7, 11) is 4.11. The Balaban J connectivity index is 1.88. The minimum Gasteiger partial charge on any atom is -0.507 e. The van der Waals surface area contributed by atoms with Crippen molar-refractivity contribution in [1.29, 1.82) is 0 Å². The van der Waals surface area contributed by atoms with E-state index in [2.05, 4.69) is 15.0 Å². The molecular weight excluding hydrogens is 450 g/mol. The fourth-order valence-electron chi connectivity index (χ4n) is 3.36. The van der Waals surface area contributed by atoms with Gasteiger partial charge in [0.1, 0.15) is 11.5 Å². The number of aromatic hydroxyl groups is 1. The minimum atomic E-state index is -0.493. The van der Waals surface area contributed by atoms with Crippen molar-refractivity contribution in [2.75, 3.05) is 21.3 Å². The summed E-state index contributed by atoms with van der Waals surface area (Å²) in [6.45, 7) is 0. The van der Waals surface area contributed by atoms with Gasteiger partial charge in [0.25, 0.3) is 0 Å². The van der Waals surface area contributed by atoms with Crippen LogP contribution in [0.15, 0.2) is 66.7 Å². The van der Waals surface area contributed by atoms with Gasteiger partial charge in [-0.1, -0.05) is 24.3 Å². The van der Waals surface area contributed by atoms with E-state index in [1.165, 1.54) is 27.4 Å². The van der Waals surface area contributed by atoms with Crippen molar-refractivity contribution in [2.45, 2.75) is 0 Å². The van der Waals surface area contributed by atoms with Gasteiger partial charge >= 0.3 is 11.9 Å². The third-order valence-electron chi connectivity index (χ3n) is 5.19. The lowest BCUT2D eigenvalue weighted by atomic mass is 10.1. The smallest absolute Gasteiger partial charge is 0.337 e. The summed E-state index contributed by atoms with van der Waals surface area (Å²) >= 11 is 0. The van der Waals surface area contributed by atoms with Crippen LogP contribution in [0, 0.1) is 0 Å². The first-order valence-electron chi connectivity index (χ1n) is 10.4. The van der Waals surface area contributed by atoms with Gasteiger partial charge < -0.3 is 19.3 Å². The first-order valence-corrected chi connectivity index (χ1v) is 10.4. The number of hydrogen-bond acceptors (Lipinski definition) is 9. The van der Waals surface area contributed by atoms with Gasteiger partial charge in [-0.15, -0.1) is 0 Å². The van der Waals surface area contributed by atoms with Crippen LogP contribution in [0.25, 0.3) is 34.2 Å². The average molecular weight is 471 g/mol. The van der Waals surface area contributed by atoms with Crippen LogP contribution >= 0.6 is 0 Å². The molecule has 4 rings (SSSR count). The van der Waals surface area contributed by atoms with Gasteiger partial charge in [-0.2, -0.15) is 0 Å². The standard InChI is InChI=1S/C26H21N3O6/c1-33-19-11-12-20(21(30)14-19)24-28-22(15-7-9-16(10-8-15)25(31)34-2)27-23(29-24)17-5-4-6-18(13-17)26(32)35-3/h4-14,30H,1-3H3. The quantitative estimate of drug-likeness (QED) is 0.413. The van der Waals surface area contributed by atoms with Gasteiger partial charge in [-0.05, 0) is 36.4 Å². The lowest BCUT2D eigenvalue weighted by Gasteiger charge is -2.11. The Hall–Kier alpha value is -4.79. The summed E-state index contributed by atoms with van der Waals surface area (Å²) in [5.74, 6) is 0.249. The topological polar surface area (TPSA) is 121 Å². The Morgan fingerprint density at radius 1 is 0.686 bits per heavy atom. The van der Waals surface area contributed by atoms with Crippen LogP contribution < -0.4 is 4.74 Å². The molecule has 176 valence electrons. The summed E-state index contributed by atoms with van der Waals surface area (Å²) in [6, 6.07) is 18.1. The molecule has 0 fully saturated rings. The molecule has 0 aliphatic heterocycles. The number of methoxy groups -OCH3 is 3. The van der Waals surface area contributed by atoms with E-state index in [0.717, 1.165) is 0 Å². The molecule has 0 spiro atoms. The molecule has 1 heterocycles. The molecule has 0 saturated carbocycles. The number of esters is 2. The van der Waals surface area contributed by atoms with Crippen LogP contribution in [0.1, 0.15) is 20.7 Å². The molecule has 35 heavy (non-hydrogen) atoms. The van der Waals surface area contributed by atoms with Crippen LogP contribution in [0.2, 0.25) is 0 Å². The maximum absolute atomic E-state index is 12.0. The highest BCUT2D eigenvalue weighted by Gasteiger charge is 2.17. The van der Waals surface area contributed by atoms with E-state index in [-0.39, 0.29) is 17.4 Å². The second-order valence-corrected chi connectivity index (χ2v) is 7.33. The van der Waals surface area contributed by atoms with Gasteiger partial charge in [0.15, 0.2) is 17.5 Å². The lowest BCUT2D eigenvalue weighted by Crippen LogP contribution is -2.04. The molecule has 0 unspecified atom stereocenters. The summed E-state index contributed by atoms with van der Waals surface area (Å²) in [5.41, 5.74) is 2.25. The fourth-order valence-corrected chi connectivity index (χ4v) is 3.36. The van der Waals surface area contributed by atoms with Crippen LogP contribution in [-0.2, 0) is 9.47 Å². The SMILES string of the molecule is COC(=O)c1ccc(-c2nc(-c3cccc(C(=O)OC)c3)nc(-c3ccc(OC)cc3O)n2)cc1. The first kappa shape index (κ1) is 23.4. The highest BCUT2D eigenvalue weighted by Crippen LogP contribution is 2.32. The van der Waals surface area contributed by atoms with Crippen LogP contribution in [-0.4, -0.2) is 53.3 Å². The fraction of sp³-hybridized carbons (Fsp3) is 0.115. The molecule has 0 radical (unpaired) electrons. The Morgan fingerprint density at radius 3 is 1.94 bits per heavy atom. The van der Waals surface area contributed by atoms with Gasteiger partial charge in [-0.3, -0.25) is 0 Å². The summed E-state index contributed by atoms with van der Waals surface area (Å²) in [5, 5.41) is 10.6. The van der Waals surface area contributed by atoms with E-state index >= 15 is 0 Å². The second-order valence-electron chi connectivity index (χ2n) is 7.33. The maximum Gasteiger partial charge on any atom is 0.337 e. The number of phenols is 1. The lowest BCUT2D eigenvalue weighted by molar-refractivity contribution is 0.0592. The summed E-state index contributed by atoms with van der Waals surface area (Å²) < 4.78 is 14.7. The van der Waals surface area contributed by atoms with Crippen molar-refractivity contribution >= 4 is 11.9 Å². The van der Waals surface area contributed by atoms with E-state index in [0.29, 0.717) is 39.4 Å². The molecular formula is C26H21N3O6. The number of phenolic OH excluding ortho intramolecular Hbond substituents is 1. The first-order chi connectivity index (χ1) is 16.9. The van der Waals surface area contributed by atoms with Crippen molar-refractivity contribution in [1.82, 2.24) is 15.0 Å². The monoisotopic (exact) mass is 471 g/mol. The van der Waals surface area contributed by atoms with Gasteiger partial charge in [0.2, 0.25) is 0 Å². The van der Waals surface area contributed by atoms with Crippen molar-refractivity contribution < 1.29 is 28.9 Å². The molecule has 1 aromatic heterocycles. The third-order valence-corrected chi connectivity index (χ3v) is 5.19. The number of nitrogens with zero attached hydrogens (tertiary/aromatic N) is 3. The summed E-state index contributed by atoms with van der Waals surface area (Å²) in [6.07, 6.45) is 0. The number of benzene rings is 3. The zero-order valence-electron chi connectivity index (χ0n) is 19.2. The van der Waals surface area contributed by atoms with Crippen molar-refractivity contribution in [3.8, 4) is 45.7 Å². The van der Waals surface area contributed by atoms with E-state index in [1.807, 2.05) is 0 Å². The molecule has 0 aliphatic rings. The van der Waals surface area contributed by atoms with Crippen molar-refractivity contribution in [3.63, 3.8) is 0 Å². The Morgan fingerprint density at radius 2 is 1.31 bits per heavy atom. The van der Waals surface area contributed by atoms with E-state index in [4.69, 9.17) is 14.2 Å². The number of rotatable bonds is 6. The maximum atomic E-state index is 12.0. The second kappa shape index (κ2) is 10.0. The Labute approximate surface area is 201 Å². The van der Waals surface area contributed by atoms with E-state index in [9.17, 15) is 14.7 Å². The Bertz CT molecular complexity index is 1400. The molecule has 0 amide bonds. The molecule has 0 saturated heterocycles. The number of hydrogen-bond donors (Lipinski definition) is 1. The molecule has 3 aromatic carbocycles. The van der Waals surface area contributed by atoms with E-state index in [1.54, 1.807) is 60.7 Å².